The number of methoxy groups -OCH3 is 1. The van der Waals surface area contributed by atoms with E-state index in [1.807, 2.05) is 54.6 Å². The summed E-state index contributed by atoms with van der Waals surface area (Å²) in [5.74, 6) is 1.49. The molecule has 0 atom stereocenters. The molecule has 0 amide bonds. The first-order valence-corrected chi connectivity index (χ1v) is 9.46. The number of hydrazone groups is 1. The maximum atomic E-state index is 6.19. The van der Waals surface area contributed by atoms with Crippen molar-refractivity contribution in [3.8, 4) is 11.5 Å². The van der Waals surface area contributed by atoms with Crippen LogP contribution in [0.1, 0.15) is 16.7 Å². The Morgan fingerprint density at radius 1 is 0.929 bits per heavy atom. The monoisotopic (exact) mass is 414 g/mol. The highest BCUT2D eigenvalue weighted by Crippen LogP contribution is 2.24. The molecule has 0 aliphatic carbocycles. The normalized spacial score (nSPS) is 10.8. The molecule has 3 rings (SSSR count). The molecule has 0 aliphatic rings. The van der Waals surface area contributed by atoms with E-state index >= 15 is 0 Å². The van der Waals surface area contributed by atoms with Crippen LogP contribution >= 0.6 is 23.2 Å². The Morgan fingerprint density at radius 3 is 2.46 bits per heavy atom. The molecule has 0 radical (unpaired) electrons. The van der Waals surface area contributed by atoms with Crippen molar-refractivity contribution in [1.82, 2.24) is 5.43 Å². The van der Waals surface area contributed by atoms with Gasteiger partial charge in [0.1, 0.15) is 18.1 Å². The molecule has 28 heavy (non-hydrogen) atoms. The average molecular weight is 415 g/mol. The van der Waals surface area contributed by atoms with Crippen LogP contribution in [0.2, 0.25) is 10.0 Å². The lowest BCUT2D eigenvalue weighted by Crippen LogP contribution is -2.07. The molecule has 0 spiro atoms. The fraction of sp³-hybridized carbons (Fsp3) is 0.136. The average Bonchev–Trinajstić information content (AvgIpc) is 2.72. The predicted molar refractivity (Wildman–Crippen MR) is 115 cm³/mol. The zero-order valence-corrected chi connectivity index (χ0v) is 16.9. The highest BCUT2D eigenvalue weighted by Gasteiger charge is 2.06. The third-order valence-electron chi connectivity index (χ3n) is 4.07. The van der Waals surface area contributed by atoms with Gasteiger partial charge in [-0.15, -0.1) is 0 Å². The second kappa shape index (κ2) is 10.0. The summed E-state index contributed by atoms with van der Waals surface area (Å²) in [5.41, 5.74) is 5.72. The van der Waals surface area contributed by atoms with Crippen molar-refractivity contribution in [3.63, 3.8) is 0 Å². The summed E-state index contributed by atoms with van der Waals surface area (Å²) in [6, 6.07) is 20.8. The van der Waals surface area contributed by atoms with E-state index < -0.39 is 0 Å². The van der Waals surface area contributed by atoms with Crippen molar-refractivity contribution in [2.75, 3.05) is 7.11 Å². The molecule has 0 bridgehead atoms. The van der Waals surface area contributed by atoms with Crippen LogP contribution in [-0.4, -0.2) is 13.3 Å². The molecule has 0 heterocycles. The van der Waals surface area contributed by atoms with Gasteiger partial charge in [0.05, 0.1) is 19.9 Å². The van der Waals surface area contributed by atoms with Gasteiger partial charge in [-0.05, 0) is 30.3 Å². The lowest BCUT2D eigenvalue weighted by Gasteiger charge is -2.11. The topological polar surface area (TPSA) is 42.8 Å². The Bertz CT molecular complexity index is 961. The molecule has 3 aromatic carbocycles. The van der Waals surface area contributed by atoms with E-state index in [1.165, 1.54) is 0 Å². The van der Waals surface area contributed by atoms with Crippen molar-refractivity contribution in [3.05, 3.63) is 93.5 Å². The van der Waals surface area contributed by atoms with Gasteiger partial charge < -0.3 is 14.9 Å². The molecule has 6 heteroatoms. The van der Waals surface area contributed by atoms with Crippen LogP contribution in [-0.2, 0) is 13.2 Å². The molecule has 3 aromatic rings. The highest BCUT2D eigenvalue weighted by atomic mass is 35.5. The number of ether oxygens (including phenoxy) is 2. The first-order chi connectivity index (χ1) is 13.7. The minimum Gasteiger partial charge on any atom is -0.496 e. The SMILES string of the molecule is COc1ccccc1CN/N=C\c1cc(Cl)ccc1OCc1ccccc1Cl. The number of halogens is 2. The standard InChI is InChI=1S/C22H20Cl2N2O2/c1-27-21-9-5-3-6-16(21)13-25-26-14-18-12-19(23)10-11-22(18)28-15-17-7-2-4-8-20(17)24/h2-12,14,25H,13,15H2,1H3/b26-14-. The van der Waals surface area contributed by atoms with Crippen LogP contribution in [0.4, 0.5) is 0 Å². The molecule has 0 aliphatic heterocycles. The van der Waals surface area contributed by atoms with Crippen LogP contribution < -0.4 is 14.9 Å². The predicted octanol–water partition coefficient (Wildman–Crippen LogP) is 5.70. The molecule has 144 valence electrons. The van der Waals surface area contributed by atoms with Crippen molar-refractivity contribution in [2.45, 2.75) is 13.2 Å². The molecular formula is C22H20Cl2N2O2. The molecule has 1 N–H and O–H groups in total. The van der Waals surface area contributed by atoms with Crippen LogP contribution in [0.5, 0.6) is 11.5 Å². The fourth-order valence-electron chi connectivity index (χ4n) is 2.62. The van der Waals surface area contributed by atoms with Crippen molar-refractivity contribution in [1.29, 1.82) is 0 Å². The summed E-state index contributed by atoms with van der Waals surface area (Å²) >= 11 is 12.3. The molecule has 0 saturated heterocycles. The van der Waals surface area contributed by atoms with Crippen molar-refractivity contribution in [2.24, 2.45) is 5.10 Å². The first-order valence-electron chi connectivity index (χ1n) is 8.71. The Hall–Kier alpha value is -2.69. The smallest absolute Gasteiger partial charge is 0.128 e. The Morgan fingerprint density at radius 2 is 1.68 bits per heavy atom. The summed E-state index contributed by atoms with van der Waals surface area (Å²) in [7, 11) is 1.65. The zero-order chi connectivity index (χ0) is 19.8. The molecule has 0 unspecified atom stereocenters. The quantitative estimate of drug-likeness (QED) is 0.379. The molecule has 0 saturated carbocycles. The number of nitrogens with one attached hydrogen (secondary N) is 1. The van der Waals surface area contributed by atoms with Gasteiger partial charge in [-0.3, -0.25) is 0 Å². The van der Waals surface area contributed by atoms with Crippen LogP contribution in [0.25, 0.3) is 0 Å². The maximum Gasteiger partial charge on any atom is 0.128 e. The lowest BCUT2D eigenvalue weighted by molar-refractivity contribution is 0.306. The van der Waals surface area contributed by atoms with E-state index in [0.717, 1.165) is 22.4 Å². The van der Waals surface area contributed by atoms with Crippen LogP contribution in [0.3, 0.4) is 0 Å². The number of hydrogen-bond donors (Lipinski definition) is 1. The van der Waals surface area contributed by atoms with E-state index in [4.69, 9.17) is 32.7 Å². The minimum atomic E-state index is 0.358. The van der Waals surface area contributed by atoms with Gasteiger partial charge in [-0.25, -0.2) is 0 Å². The fourth-order valence-corrected chi connectivity index (χ4v) is 2.99. The van der Waals surface area contributed by atoms with Crippen molar-refractivity contribution < 1.29 is 9.47 Å². The largest absolute Gasteiger partial charge is 0.496 e. The minimum absolute atomic E-state index is 0.358. The summed E-state index contributed by atoms with van der Waals surface area (Å²) in [4.78, 5) is 0. The van der Waals surface area contributed by atoms with Crippen molar-refractivity contribution >= 4 is 29.4 Å². The Labute approximate surface area is 174 Å². The van der Waals surface area contributed by atoms with E-state index in [1.54, 1.807) is 25.5 Å². The second-order valence-electron chi connectivity index (χ2n) is 5.97. The summed E-state index contributed by atoms with van der Waals surface area (Å²) in [6.45, 7) is 0.897. The van der Waals surface area contributed by atoms with E-state index in [2.05, 4.69) is 10.5 Å². The van der Waals surface area contributed by atoms with Gasteiger partial charge >= 0.3 is 0 Å². The second-order valence-corrected chi connectivity index (χ2v) is 6.81. The number of nitrogens with zero attached hydrogens (tertiary/aromatic N) is 1. The summed E-state index contributed by atoms with van der Waals surface area (Å²) < 4.78 is 11.3. The maximum absolute atomic E-state index is 6.19. The Balaban J connectivity index is 1.66. The Kier molecular flexibility index (Phi) is 7.18. The van der Waals surface area contributed by atoms with Gasteiger partial charge in [-0.2, -0.15) is 5.10 Å². The summed E-state index contributed by atoms with van der Waals surface area (Å²) in [6.07, 6.45) is 1.68. The van der Waals surface area contributed by atoms with Gasteiger partial charge in [-0.1, -0.05) is 59.6 Å². The molecular weight excluding hydrogens is 395 g/mol. The summed E-state index contributed by atoms with van der Waals surface area (Å²) in [5, 5.41) is 5.57. The van der Waals surface area contributed by atoms with E-state index in [9.17, 15) is 0 Å². The van der Waals surface area contributed by atoms with Crippen LogP contribution in [0.15, 0.2) is 71.8 Å². The van der Waals surface area contributed by atoms with Gasteiger partial charge in [0, 0.05) is 26.7 Å². The van der Waals surface area contributed by atoms with Gasteiger partial charge in [0.25, 0.3) is 0 Å². The van der Waals surface area contributed by atoms with Gasteiger partial charge in [0.2, 0.25) is 0 Å². The third kappa shape index (κ3) is 5.41. The number of hydrogen-bond acceptors (Lipinski definition) is 4. The highest BCUT2D eigenvalue weighted by molar-refractivity contribution is 6.31. The zero-order valence-electron chi connectivity index (χ0n) is 15.4. The first kappa shape index (κ1) is 20.1. The number of para-hydroxylation sites is 1. The van der Waals surface area contributed by atoms with Gasteiger partial charge in [0.15, 0.2) is 0 Å². The van der Waals surface area contributed by atoms with E-state index in [0.29, 0.717) is 28.9 Å². The van der Waals surface area contributed by atoms with E-state index in [-0.39, 0.29) is 0 Å². The molecule has 4 nitrogen and oxygen atoms in total. The van der Waals surface area contributed by atoms with Crippen LogP contribution in [0, 0.1) is 0 Å². The lowest BCUT2D eigenvalue weighted by atomic mass is 10.2. The third-order valence-corrected chi connectivity index (χ3v) is 4.67. The number of rotatable bonds is 8. The number of benzene rings is 3. The molecule has 0 fully saturated rings. The molecule has 0 aromatic heterocycles.